The van der Waals surface area contributed by atoms with Crippen LogP contribution < -0.4 is 0 Å². The average Bonchev–Trinajstić information content (AvgIpc) is 2.01. The summed E-state index contributed by atoms with van der Waals surface area (Å²) in [6, 6.07) is 2.16. The number of aromatic hydroxyl groups is 3. The third kappa shape index (κ3) is 1.07. The van der Waals surface area contributed by atoms with E-state index in [4.69, 9.17) is 15.3 Å². The van der Waals surface area contributed by atoms with Gasteiger partial charge < -0.3 is 15.3 Å². The minimum atomic E-state index is -0.734. The van der Waals surface area contributed by atoms with Gasteiger partial charge >= 0.3 is 0 Å². The Hall–Kier alpha value is -1.78. The Bertz CT molecular complexity index is 297. The fraction of sp³-hybridized carbons (Fsp3) is 0. The number of nitroso groups, excluding NO2 is 1. The zero-order chi connectivity index (χ0) is 8.43. The molecule has 0 aromatic heterocycles. The van der Waals surface area contributed by atoms with Crippen LogP contribution in [-0.4, -0.2) is 15.3 Å². The smallest absolute Gasteiger partial charge is 0.202 e. The molecule has 0 heterocycles. The molecule has 0 amide bonds. The van der Waals surface area contributed by atoms with Crippen LogP contribution in [0.1, 0.15) is 0 Å². The molecule has 1 rings (SSSR count). The number of phenols is 3. The maximum atomic E-state index is 9.89. The van der Waals surface area contributed by atoms with Crippen molar-refractivity contribution < 1.29 is 15.3 Å². The number of hydrogen-bond donors (Lipinski definition) is 3. The van der Waals surface area contributed by atoms with E-state index >= 15 is 0 Å². The number of rotatable bonds is 1. The van der Waals surface area contributed by atoms with Crippen molar-refractivity contribution in [3.8, 4) is 17.2 Å². The summed E-state index contributed by atoms with van der Waals surface area (Å²) in [7, 11) is 0. The molecule has 3 N–H and O–H groups in total. The van der Waals surface area contributed by atoms with Crippen LogP contribution >= 0.6 is 0 Å². The van der Waals surface area contributed by atoms with Gasteiger partial charge in [-0.15, -0.1) is 4.91 Å². The van der Waals surface area contributed by atoms with Gasteiger partial charge in [0, 0.05) is 0 Å². The van der Waals surface area contributed by atoms with Gasteiger partial charge in [0.25, 0.3) is 0 Å². The van der Waals surface area contributed by atoms with Crippen molar-refractivity contribution in [1.82, 2.24) is 0 Å². The summed E-state index contributed by atoms with van der Waals surface area (Å²) in [4.78, 5) is 9.89. The second-order valence-corrected chi connectivity index (χ2v) is 1.89. The SMILES string of the molecule is O=Nc1ccc(O)c(O)c1O. The van der Waals surface area contributed by atoms with Crippen LogP contribution in [0.3, 0.4) is 0 Å². The van der Waals surface area contributed by atoms with Gasteiger partial charge in [0.2, 0.25) is 5.75 Å². The summed E-state index contributed by atoms with van der Waals surface area (Å²) in [5.74, 6) is -1.93. The minimum Gasteiger partial charge on any atom is -0.504 e. The molecule has 0 bridgehead atoms. The number of phenolic OH excluding ortho intramolecular Hbond substituents is 3. The number of benzene rings is 1. The van der Waals surface area contributed by atoms with Gasteiger partial charge in [0.05, 0.1) is 0 Å². The molecular weight excluding hydrogens is 150 g/mol. The normalized spacial score (nSPS) is 9.45. The zero-order valence-corrected chi connectivity index (χ0v) is 5.35. The third-order valence-electron chi connectivity index (χ3n) is 1.21. The Morgan fingerprint density at radius 3 is 2.27 bits per heavy atom. The predicted octanol–water partition coefficient (Wildman–Crippen LogP) is 1.20. The van der Waals surface area contributed by atoms with Gasteiger partial charge in [-0.25, -0.2) is 0 Å². The molecule has 5 heteroatoms. The second kappa shape index (κ2) is 2.45. The molecule has 1 aromatic carbocycles. The van der Waals surface area contributed by atoms with Gasteiger partial charge in [-0.05, 0) is 17.3 Å². The molecule has 0 aliphatic heterocycles. The van der Waals surface area contributed by atoms with E-state index in [1.165, 1.54) is 0 Å². The van der Waals surface area contributed by atoms with Crippen LogP contribution in [0.5, 0.6) is 17.2 Å². The molecule has 0 spiro atoms. The highest BCUT2D eigenvalue weighted by atomic mass is 16.3. The van der Waals surface area contributed by atoms with Gasteiger partial charge in [0.15, 0.2) is 17.2 Å². The molecule has 0 saturated heterocycles. The fourth-order valence-electron chi connectivity index (χ4n) is 0.632. The first kappa shape index (κ1) is 7.33. The van der Waals surface area contributed by atoms with Crippen molar-refractivity contribution in [2.24, 2.45) is 5.18 Å². The van der Waals surface area contributed by atoms with Crippen molar-refractivity contribution in [2.75, 3.05) is 0 Å². The van der Waals surface area contributed by atoms with Gasteiger partial charge in [0.1, 0.15) is 0 Å². The summed E-state index contributed by atoms with van der Waals surface area (Å²) >= 11 is 0. The second-order valence-electron chi connectivity index (χ2n) is 1.89. The third-order valence-corrected chi connectivity index (χ3v) is 1.21. The predicted molar refractivity (Wildman–Crippen MR) is 36.9 cm³/mol. The largest absolute Gasteiger partial charge is 0.504 e. The van der Waals surface area contributed by atoms with Crippen molar-refractivity contribution >= 4 is 5.69 Å². The van der Waals surface area contributed by atoms with Crippen molar-refractivity contribution in [2.45, 2.75) is 0 Å². The van der Waals surface area contributed by atoms with E-state index in [0.29, 0.717) is 0 Å². The van der Waals surface area contributed by atoms with Gasteiger partial charge in [-0.2, -0.15) is 0 Å². The molecule has 0 atom stereocenters. The summed E-state index contributed by atoms with van der Waals surface area (Å²) in [6.07, 6.45) is 0. The van der Waals surface area contributed by atoms with E-state index in [-0.39, 0.29) is 5.69 Å². The molecule has 58 valence electrons. The highest BCUT2D eigenvalue weighted by molar-refractivity contribution is 5.63. The topological polar surface area (TPSA) is 90.1 Å². The van der Waals surface area contributed by atoms with Crippen molar-refractivity contribution in [3.05, 3.63) is 17.0 Å². The first-order chi connectivity index (χ1) is 5.16. The molecular formula is C6H5NO4. The maximum absolute atomic E-state index is 9.89. The van der Waals surface area contributed by atoms with Gasteiger partial charge in [-0.3, -0.25) is 0 Å². The van der Waals surface area contributed by atoms with E-state index in [1.807, 2.05) is 0 Å². The molecule has 0 aliphatic rings. The monoisotopic (exact) mass is 155 g/mol. The Balaban J connectivity index is 3.36. The van der Waals surface area contributed by atoms with Crippen molar-refractivity contribution in [3.63, 3.8) is 0 Å². The highest BCUT2D eigenvalue weighted by Crippen LogP contribution is 2.41. The molecule has 0 radical (unpaired) electrons. The van der Waals surface area contributed by atoms with Gasteiger partial charge in [-0.1, -0.05) is 0 Å². The van der Waals surface area contributed by atoms with E-state index < -0.39 is 17.2 Å². The number of nitrogens with zero attached hydrogens (tertiary/aromatic N) is 1. The Morgan fingerprint density at radius 2 is 1.73 bits per heavy atom. The zero-order valence-electron chi connectivity index (χ0n) is 5.35. The summed E-state index contributed by atoms with van der Waals surface area (Å²) < 4.78 is 0. The van der Waals surface area contributed by atoms with Crippen LogP contribution in [0, 0.1) is 4.91 Å². The van der Waals surface area contributed by atoms with E-state index in [1.54, 1.807) is 0 Å². The van der Waals surface area contributed by atoms with E-state index in [2.05, 4.69) is 5.18 Å². The standard InChI is InChI=1S/C6H5NO4/c8-4-2-1-3(7-11)5(9)6(4)10/h1-2,8-10H. The quantitative estimate of drug-likeness (QED) is 0.419. The van der Waals surface area contributed by atoms with E-state index in [9.17, 15) is 4.91 Å². The molecule has 0 aliphatic carbocycles. The molecule has 1 aromatic rings. The van der Waals surface area contributed by atoms with Crippen LogP contribution in [0.15, 0.2) is 17.3 Å². The molecule has 5 nitrogen and oxygen atoms in total. The first-order valence-corrected chi connectivity index (χ1v) is 2.74. The molecule has 0 fully saturated rings. The molecule has 0 saturated carbocycles. The Labute approximate surface area is 61.5 Å². The maximum Gasteiger partial charge on any atom is 0.202 e. The summed E-state index contributed by atoms with van der Waals surface area (Å²) in [5, 5.41) is 28.9. The van der Waals surface area contributed by atoms with Crippen LogP contribution in [0.25, 0.3) is 0 Å². The lowest BCUT2D eigenvalue weighted by Crippen LogP contribution is -1.71. The lowest BCUT2D eigenvalue weighted by atomic mass is 10.2. The minimum absolute atomic E-state index is 0.305. The molecule has 11 heavy (non-hydrogen) atoms. The average molecular weight is 155 g/mol. The highest BCUT2D eigenvalue weighted by Gasteiger charge is 2.10. The lowest BCUT2D eigenvalue weighted by Gasteiger charge is -1.99. The van der Waals surface area contributed by atoms with Crippen LogP contribution in [0.4, 0.5) is 5.69 Å². The fourth-order valence-corrected chi connectivity index (χ4v) is 0.632. The first-order valence-electron chi connectivity index (χ1n) is 2.74. The Kier molecular flexibility index (Phi) is 1.63. The van der Waals surface area contributed by atoms with Crippen LogP contribution in [-0.2, 0) is 0 Å². The van der Waals surface area contributed by atoms with Crippen molar-refractivity contribution in [1.29, 1.82) is 0 Å². The summed E-state index contributed by atoms with van der Waals surface area (Å²) in [6.45, 7) is 0. The Morgan fingerprint density at radius 1 is 1.09 bits per heavy atom. The summed E-state index contributed by atoms with van der Waals surface area (Å²) in [5.41, 5.74) is -0.305. The molecule has 0 unspecified atom stereocenters. The van der Waals surface area contributed by atoms with E-state index in [0.717, 1.165) is 12.1 Å². The lowest BCUT2D eigenvalue weighted by molar-refractivity contribution is 0.369. The number of hydrogen-bond acceptors (Lipinski definition) is 5. The van der Waals surface area contributed by atoms with Crippen LogP contribution in [0.2, 0.25) is 0 Å².